The Labute approximate surface area is 173 Å². The molecule has 1 atom stereocenters. The number of halogens is 2. The minimum atomic E-state index is -0.269. The SMILES string of the molecule is Fc1cc(Cl)cc([C@H]2CCCN2c2cc3cccc4ccc5cccc2c5c43)c1. The second-order valence-corrected chi connectivity index (χ2v) is 8.43. The van der Waals surface area contributed by atoms with E-state index in [1.54, 1.807) is 6.07 Å². The molecular weight excluding hydrogens is 381 g/mol. The Morgan fingerprint density at radius 2 is 1.59 bits per heavy atom. The Morgan fingerprint density at radius 1 is 0.828 bits per heavy atom. The first kappa shape index (κ1) is 17.1. The van der Waals surface area contributed by atoms with Gasteiger partial charge in [0, 0.05) is 22.6 Å². The molecule has 0 unspecified atom stereocenters. The molecule has 0 radical (unpaired) electrons. The van der Waals surface area contributed by atoms with Gasteiger partial charge >= 0.3 is 0 Å². The van der Waals surface area contributed by atoms with Gasteiger partial charge < -0.3 is 4.90 Å². The maximum atomic E-state index is 14.1. The van der Waals surface area contributed by atoms with Crippen LogP contribution in [0, 0.1) is 5.82 Å². The lowest BCUT2D eigenvalue weighted by Gasteiger charge is -2.29. The van der Waals surface area contributed by atoms with Gasteiger partial charge in [-0.2, -0.15) is 0 Å². The van der Waals surface area contributed by atoms with Crippen LogP contribution in [0.15, 0.2) is 72.8 Å². The summed E-state index contributed by atoms with van der Waals surface area (Å²) in [6.45, 7) is 0.958. The van der Waals surface area contributed by atoms with E-state index in [9.17, 15) is 4.39 Å². The summed E-state index contributed by atoms with van der Waals surface area (Å²) in [7, 11) is 0. The zero-order valence-corrected chi connectivity index (χ0v) is 16.6. The zero-order valence-electron chi connectivity index (χ0n) is 15.8. The fourth-order valence-electron chi connectivity index (χ4n) is 5.15. The molecular formula is C26H19ClFN. The highest BCUT2D eigenvalue weighted by molar-refractivity contribution is 6.30. The summed E-state index contributed by atoms with van der Waals surface area (Å²) in [4.78, 5) is 2.44. The quantitative estimate of drug-likeness (QED) is 0.274. The lowest BCUT2D eigenvalue weighted by atomic mass is 9.92. The molecule has 1 fully saturated rings. The van der Waals surface area contributed by atoms with Crippen LogP contribution in [0.3, 0.4) is 0 Å². The van der Waals surface area contributed by atoms with Crippen molar-refractivity contribution < 1.29 is 4.39 Å². The summed E-state index contributed by atoms with van der Waals surface area (Å²) < 4.78 is 14.1. The van der Waals surface area contributed by atoms with E-state index in [4.69, 9.17) is 11.6 Å². The number of rotatable bonds is 2. The number of nitrogens with zero attached hydrogens (tertiary/aromatic N) is 1. The topological polar surface area (TPSA) is 3.24 Å². The highest BCUT2D eigenvalue weighted by atomic mass is 35.5. The van der Waals surface area contributed by atoms with Gasteiger partial charge in [-0.1, -0.05) is 60.1 Å². The molecule has 0 aliphatic carbocycles. The Hall–Kier alpha value is -2.84. The average Bonchev–Trinajstić information content (AvgIpc) is 3.21. The van der Waals surface area contributed by atoms with Crippen LogP contribution >= 0.6 is 11.6 Å². The predicted molar refractivity (Wildman–Crippen MR) is 121 cm³/mol. The van der Waals surface area contributed by atoms with Crippen molar-refractivity contribution in [1.82, 2.24) is 0 Å². The molecule has 1 aliphatic heterocycles. The van der Waals surface area contributed by atoms with Crippen molar-refractivity contribution in [3.63, 3.8) is 0 Å². The minimum absolute atomic E-state index is 0.133. The third-order valence-electron chi connectivity index (χ3n) is 6.32. The van der Waals surface area contributed by atoms with Gasteiger partial charge in [0.1, 0.15) is 5.82 Å². The molecule has 29 heavy (non-hydrogen) atoms. The summed E-state index contributed by atoms with van der Waals surface area (Å²) in [5, 5.41) is 8.16. The Bertz CT molecular complexity index is 1360. The second-order valence-electron chi connectivity index (χ2n) is 8.00. The van der Waals surface area contributed by atoms with Crippen LogP contribution in [0.4, 0.5) is 10.1 Å². The van der Waals surface area contributed by atoms with Gasteiger partial charge in [0.15, 0.2) is 0 Å². The fourth-order valence-corrected chi connectivity index (χ4v) is 5.38. The van der Waals surface area contributed by atoms with Gasteiger partial charge in [-0.05, 0) is 69.6 Å². The van der Waals surface area contributed by atoms with Gasteiger partial charge in [0.05, 0.1) is 6.04 Å². The molecule has 1 heterocycles. The summed E-state index contributed by atoms with van der Waals surface area (Å²) in [6.07, 6.45) is 2.08. The van der Waals surface area contributed by atoms with Crippen molar-refractivity contribution in [1.29, 1.82) is 0 Å². The van der Waals surface area contributed by atoms with Crippen molar-refractivity contribution in [2.75, 3.05) is 11.4 Å². The van der Waals surface area contributed by atoms with Gasteiger partial charge in [-0.15, -0.1) is 0 Å². The average molecular weight is 400 g/mol. The van der Waals surface area contributed by atoms with Crippen molar-refractivity contribution >= 4 is 49.6 Å². The summed E-state index contributed by atoms with van der Waals surface area (Å²) in [5.41, 5.74) is 2.18. The third kappa shape index (κ3) is 2.59. The highest BCUT2D eigenvalue weighted by Gasteiger charge is 2.29. The third-order valence-corrected chi connectivity index (χ3v) is 6.54. The van der Waals surface area contributed by atoms with Crippen LogP contribution in [0.25, 0.3) is 32.3 Å². The normalized spacial score (nSPS) is 17.2. The molecule has 142 valence electrons. The standard InChI is InChI=1S/C26H19ClFN/c27-20-12-19(13-21(28)15-20)23-8-3-11-29(23)24-14-18-6-1-4-16-9-10-17-5-2-7-22(24)26(17)25(16)18/h1-2,4-7,9-10,12-15,23H,3,8,11H2/t23-/m1/s1. The summed E-state index contributed by atoms with van der Waals surface area (Å²) in [5.74, 6) is -0.269. The van der Waals surface area contributed by atoms with Crippen LogP contribution in [0.5, 0.6) is 0 Å². The smallest absolute Gasteiger partial charge is 0.125 e. The molecule has 1 nitrogen and oxygen atoms in total. The number of hydrogen-bond donors (Lipinski definition) is 0. The zero-order chi connectivity index (χ0) is 19.5. The predicted octanol–water partition coefficient (Wildman–Crippen LogP) is 7.72. The van der Waals surface area contributed by atoms with Gasteiger partial charge in [0.25, 0.3) is 0 Å². The van der Waals surface area contributed by atoms with Crippen LogP contribution < -0.4 is 4.90 Å². The molecule has 5 aromatic carbocycles. The molecule has 0 amide bonds. The van der Waals surface area contributed by atoms with Gasteiger partial charge in [0.2, 0.25) is 0 Å². The molecule has 0 saturated carbocycles. The monoisotopic (exact) mass is 399 g/mol. The Balaban J connectivity index is 1.62. The van der Waals surface area contributed by atoms with Gasteiger partial charge in [-0.3, -0.25) is 0 Å². The van der Waals surface area contributed by atoms with Gasteiger partial charge in [-0.25, -0.2) is 4.39 Å². The maximum Gasteiger partial charge on any atom is 0.125 e. The molecule has 5 aromatic rings. The molecule has 1 saturated heterocycles. The van der Waals surface area contributed by atoms with E-state index < -0.39 is 0 Å². The number of hydrogen-bond acceptors (Lipinski definition) is 1. The first-order valence-electron chi connectivity index (χ1n) is 10.1. The van der Waals surface area contributed by atoms with E-state index in [0.29, 0.717) is 5.02 Å². The van der Waals surface area contributed by atoms with E-state index in [0.717, 1.165) is 24.9 Å². The van der Waals surface area contributed by atoms with Crippen molar-refractivity contribution in [2.24, 2.45) is 0 Å². The molecule has 0 N–H and O–H groups in total. The second kappa shape index (κ2) is 6.33. The van der Waals surface area contributed by atoms with Crippen LogP contribution in [0.1, 0.15) is 24.4 Å². The Morgan fingerprint density at radius 3 is 2.41 bits per heavy atom. The molecule has 1 aliphatic rings. The lowest BCUT2D eigenvalue weighted by Crippen LogP contribution is -2.23. The first-order chi connectivity index (χ1) is 14.2. The van der Waals surface area contributed by atoms with Crippen LogP contribution in [-0.2, 0) is 0 Å². The molecule has 3 heteroatoms. The van der Waals surface area contributed by atoms with E-state index >= 15 is 0 Å². The van der Waals surface area contributed by atoms with Crippen molar-refractivity contribution in [3.8, 4) is 0 Å². The molecule has 0 spiro atoms. The van der Waals surface area contributed by atoms with E-state index in [2.05, 4.69) is 59.5 Å². The first-order valence-corrected chi connectivity index (χ1v) is 10.5. The molecule has 0 bridgehead atoms. The highest BCUT2D eigenvalue weighted by Crippen LogP contribution is 2.44. The minimum Gasteiger partial charge on any atom is -0.364 e. The summed E-state index contributed by atoms with van der Waals surface area (Å²) >= 11 is 6.18. The number of anilines is 1. The maximum absolute atomic E-state index is 14.1. The van der Waals surface area contributed by atoms with E-state index in [1.807, 2.05) is 6.07 Å². The van der Waals surface area contributed by atoms with Crippen molar-refractivity contribution in [2.45, 2.75) is 18.9 Å². The largest absolute Gasteiger partial charge is 0.364 e. The Kier molecular flexibility index (Phi) is 3.72. The lowest BCUT2D eigenvalue weighted by molar-refractivity contribution is 0.619. The molecule has 6 rings (SSSR count). The van der Waals surface area contributed by atoms with E-state index in [-0.39, 0.29) is 11.9 Å². The van der Waals surface area contributed by atoms with E-state index in [1.165, 1.54) is 44.1 Å². The fraction of sp³-hybridized carbons (Fsp3) is 0.154. The van der Waals surface area contributed by atoms with Crippen molar-refractivity contribution in [3.05, 3.63) is 89.2 Å². The summed E-state index contributed by atoms with van der Waals surface area (Å²) in [6, 6.07) is 24.8. The van der Waals surface area contributed by atoms with Crippen LogP contribution in [-0.4, -0.2) is 6.54 Å². The van der Waals surface area contributed by atoms with Crippen LogP contribution in [0.2, 0.25) is 5.02 Å². The molecule has 0 aromatic heterocycles. The number of benzene rings is 5.